The van der Waals surface area contributed by atoms with E-state index in [1.54, 1.807) is 0 Å². The first-order chi connectivity index (χ1) is 6.16. The van der Waals surface area contributed by atoms with Gasteiger partial charge in [0.25, 0.3) is 0 Å². The second kappa shape index (κ2) is 4.75. The lowest BCUT2D eigenvalue weighted by Gasteiger charge is -2.38. The Morgan fingerprint density at radius 1 is 1.31 bits per heavy atom. The van der Waals surface area contributed by atoms with Crippen LogP contribution in [0.2, 0.25) is 0 Å². The average molecular weight is 183 g/mol. The third kappa shape index (κ3) is 2.53. The van der Waals surface area contributed by atoms with Crippen molar-refractivity contribution in [1.29, 1.82) is 0 Å². The van der Waals surface area contributed by atoms with Crippen LogP contribution in [0.5, 0.6) is 0 Å². The lowest BCUT2D eigenvalue weighted by Crippen LogP contribution is -2.47. The summed E-state index contributed by atoms with van der Waals surface area (Å²) < 4.78 is 0. The summed E-state index contributed by atoms with van der Waals surface area (Å²) in [6.07, 6.45) is 4.64. The zero-order chi connectivity index (χ0) is 9.84. The molecule has 0 aliphatic carbocycles. The highest BCUT2D eigenvalue weighted by molar-refractivity contribution is 5.57. The van der Waals surface area contributed by atoms with Crippen LogP contribution in [0.4, 0.5) is 0 Å². The summed E-state index contributed by atoms with van der Waals surface area (Å²) >= 11 is 0. The van der Waals surface area contributed by atoms with Crippen molar-refractivity contribution >= 4 is 6.29 Å². The minimum absolute atomic E-state index is 0.186. The lowest BCUT2D eigenvalue weighted by atomic mass is 9.96. The fraction of sp³-hybridized carbons (Fsp3) is 0.909. The van der Waals surface area contributed by atoms with E-state index in [9.17, 15) is 4.79 Å². The van der Waals surface area contributed by atoms with Crippen LogP contribution < -0.4 is 0 Å². The summed E-state index contributed by atoms with van der Waals surface area (Å²) in [6, 6.07) is 0.724. The van der Waals surface area contributed by atoms with E-state index in [-0.39, 0.29) is 6.04 Å². The predicted molar refractivity (Wildman–Crippen MR) is 54.7 cm³/mol. The van der Waals surface area contributed by atoms with Crippen molar-refractivity contribution in [3.63, 3.8) is 0 Å². The maximum Gasteiger partial charge on any atom is 0.137 e. The number of hydrogen-bond donors (Lipinski definition) is 0. The van der Waals surface area contributed by atoms with Gasteiger partial charge in [0.05, 0.1) is 6.04 Å². The van der Waals surface area contributed by atoms with E-state index in [0.29, 0.717) is 12.0 Å². The molecule has 1 aliphatic rings. The molecule has 1 saturated heterocycles. The van der Waals surface area contributed by atoms with Crippen molar-refractivity contribution in [2.75, 3.05) is 6.54 Å². The van der Waals surface area contributed by atoms with Crippen LogP contribution in [0.25, 0.3) is 0 Å². The standard InChI is InChI=1S/C11H21NO/c1-9(2)10(3)12-7-5-4-6-11(12)8-13/h8-11H,4-7H2,1-3H3. The Kier molecular flexibility index (Phi) is 3.91. The van der Waals surface area contributed by atoms with Crippen LogP contribution in [0, 0.1) is 5.92 Å². The summed E-state index contributed by atoms with van der Waals surface area (Å²) in [5.74, 6) is 0.639. The van der Waals surface area contributed by atoms with Gasteiger partial charge < -0.3 is 4.79 Å². The Hall–Kier alpha value is -0.370. The molecule has 1 rings (SSSR count). The number of hydrogen-bond acceptors (Lipinski definition) is 2. The van der Waals surface area contributed by atoms with Crippen molar-refractivity contribution in [3.05, 3.63) is 0 Å². The van der Waals surface area contributed by atoms with Gasteiger partial charge in [0.2, 0.25) is 0 Å². The molecule has 1 heterocycles. The smallest absolute Gasteiger partial charge is 0.137 e. The van der Waals surface area contributed by atoms with Gasteiger partial charge in [0.15, 0.2) is 0 Å². The second-order valence-corrected chi connectivity index (χ2v) is 4.42. The maximum atomic E-state index is 10.9. The molecule has 1 fully saturated rings. The van der Waals surface area contributed by atoms with Crippen LogP contribution in [-0.2, 0) is 4.79 Å². The molecule has 1 aliphatic heterocycles. The number of rotatable bonds is 3. The first-order valence-electron chi connectivity index (χ1n) is 5.38. The number of aldehydes is 1. The van der Waals surface area contributed by atoms with Gasteiger partial charge in [0, 0.05) is 6.04 Å². The van der Waals surface area contributed by atoms with Crippen molar-refractivity contribution in [3.8, 4) is 0 Å². The Balaban J connectivity index is 2.58. The summed E-state index contributed by atoms with van der Waals surface area (Å²) in [6.45, 7) is 7.78. The molecular formula is C11H21NO. The van der Waals surface area contributed by atoms with Crippen LogP contribution in [0.1, 0.15) is 40.0 Å². The molecule has 2 heteroatoms. The van der Waals surface area contributed by atoms with Gasteiger partial charge in [0.1, 0.15) is 6.29 Å². The third-order valence-electron chi connectivity index (χ3n) is 3.24. The molecular weight excluding hydrogens is 162 g/mol. The van der Waals surface area contributed by atoms with Gasteiger partial charge in [-0.15, -0.1) is 0 Å². The van der Waals surface area contributed by atoms with Crippen LogP contribution >= 0.6 is 0 Å². The molecule has 0 bridgehead atoms. The molecule has 0 saturated carbocycles. The average Bonchev–Trinajstić information content (AvgIpc) is 2.16. The fourth-order valence-electron chi connectivity index (χ4n) is 2.01. The van der Waals surface area contributed by atoms with Gasteiger partial charge in [-0.2, -0.15) is 0 Å². The summed E-state index contributed by atoms with van der Waals surface area (Å²) in [4.78, 5) is 13.2. The fourth-order valence-corrected chi connectivity index (χ4v) is 2.01. The summed E-state index contributed by atoms with van der Waals surface area (Å²) in [5, 5.41) is 0. The molecule has 2 nitrogen and oxygen atoms in total. The number of nitrogens with zero attached hydrogens (tertiary/aromatic N) is 1. The first kappa shape index (κ1) is 10.7. The summed E-state index contributed by atoms with van der Waals surface area (Å²) in [5.41, 5.74) is 0. The first-order valence-corrected chi connectivity index (χ1v) is 5.38. The highest BCUT2D eigenvalue weighted by Crippen LogP contribution is 2.21. The van der Waals surface area contributed by atoms with Crippen LogP contribution in [0.15, 0.2) is 0 Å². The maximum absolute atomic E-state index is 10.9. The lowest BCUT2D eigenvalue weighted by molar-refractivity contribution is -0.114. The van der Waals surface area contributed by atoms with E-state index in [4.69, 9.17) is 0 Å². The highest BCUT2D eigenvalue weighted by Gasteiger charge is 2.27. The van der Waals surface area contributed by atoms with E-state index < -0.39 is 0 Å². The molecule has 0 radical (unpaired) electrons. The zero-order valence-corrected chi connectivity index (χ0v) is 8.99. The Bertz CT molecular complexity index is 167. The van der Waals surface area contributed by atoms with Gasteiger partial charge in [-0.25, -0.2) is 0 Å². The van der Waals surface area contributed by atoms with Crippen molar-refractivity contribution in [2.45, 2.75) is 52.1 Å². The SMILES string of the molecule is CC(C)C(C)N1CCCCC1C=O. The Morgan fingerprint density at radius 3 is 2.54 bits per heavy atom. The normalized spacial score (nSPS) is 27.5. The molecule has 0 aromatic carbocycles. The van der Waals surface area contributed by atoms with E-state index >= 15 is 0 Å². The quantitative estimate of drug-likeness (QED) is 0.624. The monoisotopic (exact) mass is 183 g/mol. The molecule has 0 aromatic rings. The van der Waals surface area contributed by atoms with E-state index in [1.165, 1.54) is 12.8 Å². The van der Waals surface area contributed by atoms with Gasteiger partial charge in [-0.3, -0.25) is 4.90 Å². The molecule has 76 valence electrons. The molecule has 0 aromatic heterocycles. The zero-order valence-electron chi connectivity index (χ0n) is 8.99. The molecule has 2 atom stereocenters. The van der Waals surface area contributed by atoms with Crippen LogP contribution in [-0.4, -0.2) is 29.8 Å². The topological polar surface area (TPSA) is 20.3 Å². The molecule has 2 unspecified atom stereocenters. The number of likely N-dealkylation sites (tertiary alicyclic amines) is 1. The summed E-state index contributed by atoms with van der Waals surface area (Å²) in [7, 11) is 0. The number of piperidine rings is 1. The highest BCUT2D eigenvalue weighted by atomic mass is 16.1. The van der Waals surface area contributed by atoms with Crippen molar-refractivity contribution < 1.29 is 4.79 Å². The molecule has 0 spiro atoms. The largest absolute Gasteiger partial charge is 0.302 e. The Labute approximate surface area is 81.3 Å². The van der Waals surface area contributed by atoms with Gasteiger partial charge in [-0.05, 0) is 32.2 Å². The van der Waals surface area contributed by atoms with Crippen molar-refractivity contribution in [2.24, 2.45) is 5.92 Å². The molecule has 13 heavy (non-hydrogen) atoms. The minimum Gasteiger partial charge on any atom is -0.302 e. The Morgan fingerprint density at radius 2 is 2.00 bits per heavy atom. The van der Waals surface area contributed by atoms with Crippen molar-refractivity contribution in [1.82, 2.24) is 4.90 Å². The van der Waals surface area contributed by atoms with E-state index in [0.717, 1.165) is 19.3 Å². The number of carbonyl (C=O) groups is 1. The second-order valence-electron chi connectivity index (χ2n) is 4.42. The molecule has 0 amide bonds. The van der Waals surface area contributed by atoms with Gasteiger partial charge in [-0.1, -0.05) is 20.3 Å². The van der Waals surface area contributed by atoms with Crippen LogP contribution in [0.3, 0.4) is 0 Å². The third-order valence-corrected chi connectivity index (χ3v) is 3.24. The van der Waals surface area contributed by atoms with E-state index in [1.807, 2.05) is 0 Å². The number of carbonyl (C=O) groups excluding carboxylic acids is 1. The predicted octanol–water partition coefficient (Wildman–Crippen LogP) is 2.08. The van der Waals surface area contributed by atoms with E-state index in [2.05, 4.69) is 25.7 Å². The minimum atomic E-state index is 0.186. The molecule has 0 N–H and O–H groups in total. The van der Waals surface area contributed by atoms with Gasteiger partial charge >= 0.3 is 0 Å².